The summed E-state index contributed by atoms with van der Waals surface area (Å²) in [5.41, 5.74) is 1.30. The smallest absolute Gasteiger partial charge is 0.415 e. The fourth-order valence-electron chi connectivity index (χ4n) is 6.77. The number of aromatic hydroxyl groups is 1. The van der Waals surface area contributed by atoms with Crippen LogP contribution in [0.15, 0.2) is 151 Å². The maximum Gasteiger partial charge on any atom is 0.415 e. The van der Waals surface area contributed by atoms with E-state index in [9.17, 15) is 43.6 Å². The first-order valence-corrected chi connectivity index (χ1v) is 21.3. The highest BCUT2D eigenvalue weighted by atomic mass is 32.2. The number of fused-ring (bicyclic) bond motifs is 1. The maximum atomic E-state index is 13.6. The van der Waals surface area contributed by atoms with E-state index < -0.39 is 75.1 Å². The SMILES string of the molecule is O=C(NCCOc1no[n+]([O-])c1S(=O)(=O)c1ccccc1)[C@H]1O[C@@H](Oc2cc3oc(-c4ccc(OCc5ccccc5)cc4)cc(=O)c3c(O)c2OCc2ccccc2)[C@H](O)[C@@H](O)[C@@H]1O. The van der Waals surface area contributed by atoms with E-state index in [4.69, 9.17) is 28.1 Å². The summed E-state index contributed by atoms with van der Waals surface area (Å²) in [6, 6.07) is 34.5. The summed E-state index contributed by atoms with van der Waals surface area (Å²) in [5, 5.41) is 61.1. The normalized spacial score (nSPS) is 18.5. The summed E-state index contributed by atoms with van der Waals surface area (Å²) in [4.78, 5) is 26.4. The molecule has 5 aromatic carbocycles. The molecule has 0 aliphatic carbocycles. The third kappa shape index (κ3) is 9.56. The number of aromatic nitrogens is 2. The maximum absolute atomic E-state index is 13.6. The van der Waals surface area contributed by atoms with Crippen molar-refractivity contribution >= 4 is 26.7 Å². The van der Waals surface area contributed by atoms with E-state index in [1.54, 1.807) is 60.7 Å². The molecule has 336 valence electrons. The molecule has 20 heteroatoms. The van der Waals surface area contributed by atoms with Crippen molar-refractivity contribution in [3.8, 4) is 40.2 Å². The van der Waals surface area contributed by atoms with Crippen molar-refractivity contribution in [2.45, 2.75) is 53.8 Å². The van der Waals surface area contributed by atoms with Gasteiger partial charge in [-0.3, -0.25) is 14.2 Å². The van der Waals surface area contributed by atoms with Crippen molar-refractivity contribution in [3.63, 3.8) is 0 Å². The molecule has 1 aliphatic rings. The molecule has 0 spiro atoms. The van der Waals surface area contributed by atoms with E-state index in [2.05, 4.69) is 15.1 Å². The van der Waals surface area contributed by atoms with Gasteiger partial charge in [-0.15, -0.1) is 0 Å². The highest BCUT2D eigenvalue weighted by Crippen LogP contribution is 2.44. The van der Waals surface area contributed by atoms with Gasteiger partial charge in [0.25, 0.3) is 15.7 Å². The Balaban J connectivity index is 1.01. The number of hydrogen-bond donors (Lipinski definition) is 5. The first kappa shape index (κ1) is 44.1. The molecule has 3 heterocycles. The molecule has 0 radical (unpaired) electrons. The number of nitrogens with one attached hydrogen (secondary N) is 1. The minimum Gasteiger partial charge on any atom is -0.504 e. The molecule has 65 heavy (non-hydrogen) atoms. The van der Waals surface area contributed by atoms with Gasteiger partial charge in [0.05, 0.1) is 16.6 Å². The van der Waals surface area contributed by atoms with Gasteiger partial charge in [0, 0.05) is 17.7 Å². The van der Waals surface area contributed by atoms with Crippen LogP contribution in [0, 0.1) is 5.21 Å². The van der Waals surface area contributed by atoms with E-state index in [0.29, 0.717) is 23.5 Å². The van der Waals surface area contributed by atoms with Gasteiger partial charge in [0.15, 0.2) is 23.0 Å². The molecule has 19 nitrogen and oxygen atoms in total. The Hall–Kier alpha value is -7.49. The lowest BCUT2D eigenvalue weighted by molar-refractivity contribution is -0.832. The zero-order valence-electron chi connectivity index (χ0n) is 33.8. The number of phenolic OH excluding ortho intramolecular Hbond substituents is 1. The number of benzene rings is 5. The summed E-state index contributed by atoms with van der Waals surface area (Å²) in [6.45, 7) is -0.655. The van der Waals surface area contributed by atoms with Gasteiger partial charge in [0.1, 0.15) is 60.6 Å². The number of aliphatic hydroxyl groups excluding tert-OH is 3. The fraction of sp³-hybridized carbons (Fsp3) is 0.200. The van der Waals surface area contributed by atoms with Crippen LogP contribution in [-0.4, -0.2) is 83.8 Å². The topological polar surface area (TPSA) is 273 Å². The Morgan fingerprint density at radius 1 is 0.800 bits per heavy atom. The number of phenols is 1. The molecule has 1 saturated heterocycles. The second-order valence-electron chi connectivity index (χ2n) is 14.5. The molecule has 1 aliphatic heterocycles. The summed E-state index contributed by atoms with van der Waals surface area (Å²) in [6.07, 6.45) is -9.83. The number of rotatable bonds is 16. The Kier molecular flexibility index (Phi) is 13.0. The van der Waals surface area contributed by atoms with Gasteiger partial charge in [-0.2, -0.15) is 0 Å². The molecule has 7 aromatic rings. The number of carbonyl (C=O) groups is 1. The predicted molar refractivity (Wildman–Crippen MR) is 224 cm³/mol. The lowest BCUT2D eigenvalue weighted by Gasteiger charge is -2.39. The number of aliphatic hydroxyl groups is 3. The fourth-order valence-corrected chi connectivity index (χ4v) is 8.06. The molecule has 2 aromatic heterocycles. The molecule has 1 fully saturated rings. The highest BCUT2D eigenvalue weighted by Gasteiger charge is 2.48. The number of nitrogens with zero attached hydrogens (tertiary/aromatic N) is 2. The lowest BCUT2D eigenvalue weighted by Crippen LogP contribution is -2.63. The zero-order valence-corrected chi connectivity index (χ0v) is 34.6. The van der Waals surface area contributed by atoms with Crippen LogP contribution in [0.2, 0.25) is 0 Å². The molecule has 5 atom stereocenters. The van der Waals surface area contributed by atoms with Crippen molar-refractivity contribution in [1.29, 1.82) is 0 Å². The minimum atomic E-state index is -4.43. The molecule has 0 unspecified atom stereocenters. The van der Waals surface area contributed by atoms with Crippen LogP contribution in [0.3, 0.4) is 0 Å². The van der Waals surface area contributed by atoms with E-state index >= 15 is 0 Å². The largest absolute Gasteiger partial charge is 0.504 e. The third-order valence-corrected chi connectivity index (χ3v) is 11.8. The Morgan fingerprint density at radius 3 is 2.09 bits per heavy atom. The summed E-state index contributed by atoms with van der Waals surface area (Å²) >= 11 is 0. The predicted octanol–water partition coefficient (Wildman–Crippen LogP) is 3.16. The van der Waals surface area contributed by atoms with Gasteiger partial charge >= 0.3 is 10.9 Å². The first-order valence-electron chi connectivity index (χ1n) is 19.8. The average Bonchev–Trinajstić information content (AvgIpc) is 3.70. The molecular formula is C45H39N3O16S. The van der Waals surface area contributed by atoms with E-state index in [0.717, 1.165) is 5.56 Å². The van der Waals surface area contributed by atoms with Crippen molar-refractivity contribution in [3.05, 3.63) is 154 Å². The number of hydrogen-bond acceptors (Lipinski definition) is 17. The number of amides is 1. The average molecular weight is 910 g/mol. The van der Waals surface area contributed by atoms with Crippen LogP contribution >= 0.6 is 0 Å². The Bertz CT molecular complexity index is 2930. The van der Waals surface area contributed by atoms with Gasteiger partial charge < -0.3 is 59.1 Å². The van der Waals surface area contributed by atoms with Crippen LogP contribution in [-0.2, 0) is 32.6 Å². The van der Waals surface area contributed by atoms with Crippen LogP contribution in [0.25, 0.3) is 22.3 Å². The van der Waals surface area contributed by atoms with Gasteiger partial charge in [-0.05, 0) is 52.4 Å². The summed E-state index contributed by atoms with van der Waals surface area (Å²) in [7, 11) is -4.43. The monoisotopic (exact) mass is 909 g/mol. The minimum absolute atomic E-state index is 0.110. The zero-order chi connectivity index (χ0) is 45.7. The lowest BCUT2D eigenvalue weighted by atomic mass is 9.98. The Labute approximate surface area is 368 Å². The van der Waals surface area contributed by atoms with Crippen molar-refractivity contribution in [1.82, 2.24) is 10.5 Å². The quantitative estimate of drug-likeness (QED) is 0.0688. The number of ether oxygens (including phenoxy) is 5. The van der Waals surface area contributed by atoms with Gasteiger partial charge in [-0.25, -0.2) is 8.42 Å². The number of carbonyl (C=O) groups excluding carboxylic acids is 1. The molecular weight excluding hydrogens is 871 g/mol. The molecule has 0 bridgehead atoms. The van der Waals surface area contributed by atoms with Crippen LogP contribution < -0.4 is 34.6 Å². The Morgan fingerprint density at radius 2 is 1.43 bits per heavy atom. The summed E-state index contributed by atoms with van der Waals surface area (Å²) in [5.74, 6) is -2.47. The van der Waals surface area contributed by atoms with E-state index in [1.165, 1.54) is 36.4 Å². The molecule has 5 N–H and O–H groups in total. The number of sulfone groups is 1. The van der Waals surface area contributed by atoms with Crippen molar-refractivity contribution in [2.75, 3.05) is 13.2 Å². The van der Waals surface area contributed by atoms with Crippen molar-refractivity contribution < 1.29 is 71.3 Å². The van der Waals surface area contributed by atoms with Crippen LogP contribution in [0.1, 0.15) is 11.1 Å². The van der Waals surface area contributed by atoms with Crippen LogP contribution in [0.4, 0.5) is 0 Å². The second-order valence-corrected chi connectivity index (χ2v) is 16.3. The van der Waals surface area contributed by atoms with Crippen LogP contribution in [0.5, 0.6) is 28.9 Å². The molecule has 8 rings (SSSR count). The highest BCUT2D eigenvalue weighted by molar-refractivity contribution is 7.91. The van der Waals surface area contributed by atoms with E-state index in [-0.39, 0.29) is 51.2 Å². The van der Waals surface area contributed by atoms with Gasteiger partial charge in [-0.1, -0.05) is 78.9 Å². The summed E-state index contributed by atoms with van der Waals surface area (Å²) < 4.78 is 65.6. The van der Waals surface area contributed by atoms with Crippen molar-refractivity contribution in [2.24, 2.45) is 0 Å². The van der Waals surface area contributed by atoms with E-state index in [1.807, 2.05) is 30.3 Å². The molecule has 0 saturated carbocycles. The second kappa shape index (κ2) is 19.1. The standard InChI is InChI=1S/C45H39N3O16S/c49-31-22-32(28-16-18-29(19-17-28)59-24-26-10-4-1-5-11-26)61-33-23-34(40(36(50)35(31)33)60-25-27-12-6-2-7-13-27)62-45-39(53)37(51)38(52)41(63-45)42(54)46-20-21-58-43-44(48(55)64-47-43)65(56,57)30-14-8-3-9-15-30/h1-19,22-23,37-39,41,45,50-53H,20-21,24-25H2,(H,46,54)/t37-,38-,39+,41-,45+/m0/s1. The van der Waals surface area contributed by atoms with Gasteiger partial charge in [0.2, 0.25) is 12.0 Å². The third-order valence-electron chi connectivity index (χ3n) is 10.1. The molecule has 1 amide bonds. The first-order chi connectivity index (χ1) is 31.4.